The van der Waals surface area contributed by atoms with Crippen molar-refractivity contribution in [3.63, 3.8) is 0 Å². The van der Waals surface area contributed by atoms with E-state index in [1.807, 2.05) is 62.4 Å². The summed E-state index contributed by atoms with van der Waals surface area (Å²) in [5.41, 5.74) is 11.0. The van der Waals surface area contributed by atoms with E-state index in [0.717, 1.165) is 61.3 Å². The normalized spacial score (nSPS) is 13.0. The van der Waals surface area contributed by atoms with Gasteiger partial charge < -0.3 is 4.57 Å². The fourth-order valence-electron chi connectivity index (χ4n) is 4.79. The van der Waals surface area contributed by atoms with Gasteiger partial charge in [0.1, 0.15) is 0 Å². The van der Waals surface area contributed by atoms with Crippen molar-refractivity contribution in [2.45, 2.75) is 20.8 Å². The summed E-state index contributed by atoms with van der Waals surface area (Å²) in [7, 11) is 0. The number of aryl methyl sites for hydroxylation is 1. The van der Waals surface area contributed by atoms with Crippen LogP contribution >= 0.6 is 0 Å². The van der Waals surface area contributed by atoms with Crippen molar-refractivity contribution in [1.82, 2.24) is 4.57 Å². The van der Waals surface area contributed by atoms with Crippen molar-refractivity contribution in [2.75, 3.05) is 0 Å². The van der Waals surface area contributed by atoms with E-state index in [1.165, 1.54) is 5.56 Å². The number of hydrogen-bond acceptors (Lipinski definition) is 0. The van der Waals surface area contributed by atoms with Gasteiger partial charge in [0.2, 0.25) is 0 Å². The molecule has 2 aromatic carbocycles. The number of allylic oxidation sites excluding steroid dienone is 14. The summed E-state index contributed by atoms with van der Waals surface area (Å²) in [5.74, 6) is 0. The van der Waals surface area contributed by atoms with Gasteiger partial charge in [-0.05, 0) is 84.6 Å². The highest BCUT2D eigenvalue weighted by Crippen LogP contribution is 2.32. The molecule has 200 valence electrons. The summed E-state index contributed by atoms with van der Waals surface area (Å²) in [6.07, 6.45) is 19.8. The predicted octanol–water partition coefficient (Wildman–Crippen LogP) is 11.1. The number of nitrogens with zero attached hydrogens (tertiary/aromatic N) is 1. The minimum absolute atomic E-state index is 0.801. The molecule has 0 aliphatic rings. The first kappa shape index (κ1) is 29.7. The first-order valence-electron chi connectivity index (χ1n) is 13.4. The van der Waals surface area contributed by atoms with Crippen molar-refractivity contribution in [3.05, 3.63) is 181 Å². The molecule has 40 heavy (non-hydrogen) atoms. The largest absolute Gasteiger partial charge is 0.310 e. The first-order chi connectivity index (χ1) is 19.3. The minimum Gasteiger partial charge on any atom is -0.310 e. The molecule has 0 unspecified atom stereocenters. The lowest BCUT2D eigenvalue weighted by Crippen LogP contribution is -1.98. The second-order valence-corrected chi connectivity index (χ2v) is 9.40. The molecule has 3 aromatic rings. The van der Waals surface area contributed by atoms with Gasteiger partial charge in [-0.25, -0.2) is 0 Å². The monoisotopic (exact) mass is 521 g/mol. The molecule has 0 aliphatic heterocycles. The molecule has 3 rings (SSSR count). The van der Waals surface area contributed by atoms with E-state index in [2.05, 4.69) is 112 Å². The third kappa shape index (κ3) is 6.39. The van der Waals surface area contributed by atoms with Gasteiger partial charge in [-0.15, -0.1) is 0 Å². The summed E-state index contributed by atoms with van der Waals surface area (Å²) in [5, 5.41) is 1.15. The van der Waals surface area contributed by atoms with Crippen molar-refractivity contribution in [2.24, 2.45) is 0 Å². The van der Waals surface area contributed by atoms with Gasteiger partial charge in [0.15, 0.2) is 0 Å². The van der Waals surface area contributed by atoms with E-state index in [0.29, 0.717) is 0 Å². The van der Waals surface area contributed by atoms with Crippen LogP contribution in [0.5, 0.6) is 0 Å². The molecular formula is C39H39N. The quantitative estimate of drug-likeness (QED) is 0.209. The Labute approximate surface area is 240 Å². The lowest BCUT2D eigenvalue weighted by atomic mass is 9.95. The molecule has 1 heteroatoms. The van der Waals surface area contributed by atoms with Gasteiger partial charge in [-0.3, -0.25) is 0 Å². The molecular weight excluding hydrogens is 482 g/mol. The van der Waals surface area contributed by atoms with Crippen LogP contribution in [0.2, 0.25) is 0 Å². The Hall–Kier alpha value is -4.88. The van der Waals surface area contributed by atoms with Crippen LogP contribution in [0.3, 0.4) is 0 Å². The first-order valence-corrected chi connectivity index (χ1v) is 13.4. The number of rotatable bonds is 12. The summed E-state index contributed by atoms with van der Waals surface area (Å²) < 4.78 is 2.13. The van der Waals surface area contributed by atoms with Crippen molar-refractivity contribution in [3.8, 4) is 0 Å². The smallest absolute Gasteiger partial charge is 0.0540 e. The van der Waals surface area contributed by atoms with E-state index >= 15 is 0 Å². The van der Waals surface area contributed by atoms with Crippen LogP contribution in [-0.4, -0.2) is 4.57 Å². The molecule has 0 fully saturated rings. The fourth-order valence-corrected chi connectivity index (χ4v) is 4.79. The highest BCUT2D eigenvalue weighted by molar-refractivity contribution is 5.97. The van der Waals surface area contributed by atoms with Gasteiger partial charge in [0.25, 0.3) is 0 Å². The minimum atomic E-state index is 0.801. The summed E-state index contributed by atoms with van der Waals surface area (Å²) in [6, 6.07) is 16.7. The van der Waals surface area contributed by atoms with E-state index in [9.17, 15) is 0 Å². The molecule has 1 aromatic heterocycles. The van der Waals surface area contributed by atoms with Crippen LogP contribution in [0, 0.1) is 6.92 Å². The highest BCUT2D eigenvalue weighted by Gasteiger charge is 2.15. The van der Waals surface area contributed by atoms with E-state index < -0.39 is 0 Å². The van der Waals surface area contributed by atoms with Crippen molar-refractivity contribution in [1.29, 1.82) is 0 Å². The summed E-state index contributed by atoms with van der Waals surface area (Å²) in [4.78, 5) is 0. The van der Waals surface area contributed by atoms with Crippen LogP contribution in [-0.2, 0) is 0 Å². The maximum absolute atomic E-state index is 4.43. The standard InChI is InChI=1S/C39H39N/c1-10-19-36-37-22-16-17-23-39(37)40(38(36)15-6)30(9)26-33(13-4)32(12-3)25-29(8)31(11-2)27-34(14-5)35-21-18-20-28(7)24-35/h10-27H,3-6,8-9H2,1-2,7H3/b19-10-,31-11+,32-25+,33-26+,34-27+. The van der Waals surface area contributed by atoms with Crippen LogP contribution in [0.1, 0.15) is 36.2 Å². The Bertz CT molecular complexity index is 1650. The predicted molar refractivity (Wildman–Crippen MR) is 181 cm³/mol. The number of para-hydroxylation sites is 1. The van der Waals surface area contributed by atoms with Gasteiger partial charge in [0.05, 0.1) is 11.2 Å². The molecule has 0 saturated carbocycles. The van der Waals surface area contributed by atoms with Gasteiger partial charge in [0, 0.05) is 16.6 Å². The van der Waals surface area contributed by atoms with E-state index in [4.69, 9.17) is 0 Å². The second kappa shape index (κ2) is 13.8. The fraction of sp³-hybridized carbons (Fsp3) is 0.0769. The van der Waals surface area contributed by atoms with Crippen molar-refractivity contribution >= 4 is 34.3 Å². The van der Waals surface area contributed by atoms with Crippen LogP contribution in [0.25, 0.3) is 34.3 Å². The van der Waals surface area contributed by atoms with Crippen LogP contribution in [0.15, 0.2) is 159 Å². The molecule has 0 N–H and O–H groups in total. The van der Waals surface area contributed by atoms with E-state index in [1.54, 1.807) is 0 Å². The van der Waals surface area contributed by atoms with Crippen molar-refractivity contribution < 1.29 is 0 Å². The maximum Gasteiger partial charge on any atom is 0.0540 e. The number of fused-ring (bicyclic) bond motifs is 1. The molecule has 0 bridgehead atoms. The highest BCUT2D eigenvalue weighted by atomic mass is 15.0. The van der Waals surface area contributed by atoms with Crippen LogP contribution in [0.4, 0.5) is 0 Å². The Kier molecular flexibility index (Phi) is 10.2. The maximum atomic E-state index is 4.43. The topological polar surface area (TPSA) is 4.93 Å². The summed E-state index contributed by atoms with van der Waals surface area (Å²) >= 11 is 0. The Morgan fingerprint density at radius 1 is 0.775 bits per heavy atom. The Morgan fingerprint density at radius 2 is 1.48 bits per heavy atom. The molecule has 0 atom stereocenters. The molecule has 1 heterocycles. The average molecular weight is 522 g/mol. The molecule has 1 nitrogen and oxygen atoms in total. The third-order valence-electron chi connectivity index (χ3n) is 6.76. The number of aromatic nitrogens is 1. The average Bonchev–Trinajstić information content (AvgIpc) is 3.28. The zero-order chi connectivity index (χ0) is 29.2. The number of benzene rings is 2. The second-order valence-electron chi connectivity index (χ2n) is 9.40. The molecule has 0 radical (unpaired) electrons. The van der Waals surface area contributed by atoms with Gasteiger partial charge >= 0.3 is 0 Å². The SMILES string of the molecule is C=CC(=C\C(=C)C(=C/C)/C=C(\C=C)c1cccc(C)c1)/C(C=C)=C/C(=C)n1c(C=C)c(/C=C\C)c2ccccc21. The summed E-state index contributed by atoms with van der Waals surface area (Å²) in [6.45, 7) is 31.2. The Balaban J connectivity index is 2.06. The zero-order valence-corrected chi connectivity index (χ0v) is 24.1. The van der Waals surface area contributed by atoms with E-state index in [-0.39, 0.29) is 0 Å². The molecule has 0 aliphatic carbocycles. The molecule has 0 amide bonds. The lowest BCUT2D eigenvalue weighted by molar-refractivity contribution is 1.16. The zero-order valence-electron chi connectivity index (χ0n) is 24.1. The third-order valence-corrected chi connectivity index (χ3v) is 6.76. The van der Waals surface area contributed by atoms with Gasteiger partial charge in [-0.1, -0.05) is 124 Å². The van der Waals surface area contributed by atoms with Crippen LogP contribution < -0.4 is 0 Å². The molecule has 0 spiro atoms. The molecule has 0 saturated heterocycles. The van der Waals surface area contributed by atoms with Gasteiger partial charge in [-0.2, -0.15) is 0 Å². The Morgan fingerprint density at radius 3 is 2.08 bits per heavy atom. The number of hydrogen-bond donors (Lipinski definition) is 0. The lowest BCUT2D eigenvalue weighted by Gasteiger charge is -2.12.